The molecule has 0 aromatic heterocycles. The highest BCUT2D eigenvalue weighted by molar-refractivity contribution is 5.95. The van der Waals surface area contributed by atoms with E-state index in [0.717, 1.165) is 12.0 Å². The van der Waals surface area contributed by atoms with Gasteiger partial charge in [-0.15, -0.1) is 0 Å². The van der Waals surface area contributed by atoms with Crippen LogP contribution in [0.15, 0.2) is 54.6 Å². The Morgan fingerprint density at radius 1 is 1.10 bits per heavy atom. The van der Waals surface area contributed by atoms with Gasteiger partial charge in [0.2, 0.25) is 5.91 Å². The molecular formula is C24H28N2O4. The zero-order valence-electron chi connectivity index (χ0n) is 17.6. The van der Waals surface area contributed by atoms with Crippen molar-refractivity contribution in [3.63, 3.8) is 0 Å². The zero-order valence-corrected chi connectivity index (χ0v) is 17.6. The molecule has 30 heavy (non-hydrogen) atoms. The normalized spacial score (nSPS) is 18.0. The predicted octanol–water partition coefficient (Wildman–Crippen LogP) is 3.73. The monoisotopic (exact) mass is 408 g/mol. The highest BCUT2D eigenvalue weighted by atomic mass is 16.5. The van der Waals surface area contributed by atoms with Gasteiger partial charge in [-0.1, -0.05) is 49.4 Å². The van der Waals surface area contributed by atoms with E-state index in [1.165, 1.54) is 12.5 Å². The molecule has 3 atom stereocenters. The summed E-state index contributed by atoms with van der Waals surface area (Å²) in [7, 11) is 0. The first-order valence-corrected chi connectivity index (χ1v) is 10.3. The number of nitrogens with one attached hydrogen (secondary N) is 1. The average molecular weight is 408 g/mol. The Bertz CT molecular complexity index is 895. The Hall–Kier alpha value is -3.15. The molecule has 0 spiro atoms. The number of carbonyl (C=O) groups is 3. The number of nitrogens with zero attached hydrogens (tertiary/aromatic N) is 1. The largest absolute Gasteiger partial charge is 0.452 e. The highest BCUT2D eigenvalue weighted by Crippen LogP contribution is 2.29. The number of likely N-dealkylation sites (tertiary alicyclic amines) is 1. The van der Waals surface area contributed by atoms with Gasteiger partial charge in [0, 0.05) is 18.7 Å². The van der Waals surface area contributed by atoms with E-state index in [1.807, 2.05) is 61.5 Å². The van der Waals surface area contributed by atoms with Crippen LogP contribution in [0.1, 0.15) is 44.4 Å². The van der Waals surface area contributed by atoms with Crippen LogP contribution in [0.2, 0.25) is 0 Å². The molecule has 0 unspecified atom stereocenters. The third-order valence-corrected chi connectivity index (χ3v) is 5.53. The van der Waals surface area contributed by atoms with Crippen LogP contribution < -0.4 is 5.32 Å². The molecule has 1 N–H and O–H groups in total. The number of anilines is 1. The molecule has 1 heterocycles. The molecule has 1 saturated heterocycles. The molecule has 2 aromatic carbocycles. The van der Waals surface area contributed by atoms with Gasteiger partial charge in [-0.2, -0.15) is 0 Å². The van der Waals surface area contributed by atoms with Crippen molar-refractivity contribution in [2.45, 2.75) is 45.8 Å². The van der Waals surface area contributed by atoms with Crippen LogP contribution in [0.4, 0.5) is 5.69 Å². The summed E-state index contributed by atoms with van der Waals surface area (Å²) in [5.41, 5.74) is 2.84. The minimum atomic E-state index is -0.945. The number of aryl methyl sites for hydroxylation is 1. The lowest BCUT2D eigenvalue weighted by atomic mass is 10.1. The highest BCUT2D eigenvalue weighted by Gasteiger charge is 2.38. The first kappa shape index (κ1) is 21.6. The molecule has 1 fully saturated rings. The fourth-order valence-electron chi connectivity index (χ4n) is 3.57. The number of ether oxygens (including phenoxy) is 1. The number of rotatable bonds is 7. The maximum Gasteiger partial charge on any atom is 0.312 e. The standard InChI is InChI=1S/C24H28N2O4/c1-4-18-10-12-21(13-11-18)25-23(28)17(3)30-24(29)20-14-22(27)26(15-20)16(2)19-8-6-5-7-9-19/h5-13,16-17,20H,4,14-15H2,1-3H3,(H,25,28)/t16-,17+,20+/m0/s1. The lowest BCUT2D eigenvalue weighted by Crippen LogP contribution is -2.33. The van der Waals surface area contributed by atoms with Gasteiger partial charge in [0.1, 0.15) is 0 Å². The summed E-state index contributed by atoms with van der Waals surface area (Å²) in [6, 6.07) is 17.1. The topological polar surface area (TPSA) is 75.7 Å². The van der Waals surface area contributed by atoms with Crippen LogP contribution in [0.3, 0.4) is 0 Å². The summed E-state index contributed by atoms with van der Waals surface area (Å²) in [6.45, 7) is 5.83. The molecule has 1 aliphatic heterocycles. The van der Waals surface area contributed by atoms with Crippen molar-refractivity contribution >= 4 is 23.5 Å². The van der Waals surface area contributed by atoms with E-state index >= 15 is 0 Å². The zero-order chi connectivity index (χ0) is 21.7. The van der Waals surface area contributed by atoms with Crippen molar-refractivity contribution in [2.24, 2.45) is 5.92 Å². The van der Waals surface area contributed by atoms with E-state index in [2.05, 4.69) is 12.2 Å². The second-order valence-electron chi connectivity index (χ2n) is 7.65. The fourth-order valence-corrected chi connectivity index (χ4v) is 3.57. The maximum atomic E-state index is 12.6. The van der Waals surface area contributed by atoms with Gasteiger partial charge in [-0.3, -0.25) is 14.4 Å². The molecule has 0 bridgehead atoms. The van der Waals surface area contributed by atoms with Gasteiger partial charge >= 0.3 is 5.97 Å². The third kappa shape index (κ3) is 5.06. The summed E-state index contributed by atoms with van der Waals surface area (Å²) >= 11 is 0. The molecule has 3 rings (SSSR count). The van der Waals surface area contributed by atoms with E-state index in [4.69, 9.17) is 4.74 Å². The summed E-state index contributed by atoms with van der Waals surface area (Å²) in [5.74, 6) is -1.56. The molecule has 0 aliphatic carbocycles. The summed E-state index contributed by atoms with van der Waals surface area (Å²) in [4.78, 5) is 39.1. The third-order valence-electron chi connectivity index (χ3n) is 5.53. The number of amides is 2. The van der Waals surface area contributed by atoms with E-state index in [1.54, 1.807) is 4.90 Å². The average Bonchev–Trinajstić information content (AvgIpc) is 3.16. The molecule has 6 heteroatoms. The van der Waals surface area contributed by atoms with Crippen molar-refractivity contribution in [1.29, 1.82) is 0 Å². The Morgan fingerprint density at radius 2 is 1.77 bits per heavy atom. The van der Waals surface area contributed by atoms with Gasteiger partial charge < -0.3 is 15.0 Å². The van der Waals surface area contributed by atoms with Gasteiger partial charge in [0.25, 0.3) is 5.91 Å². The lowest BCUT2D eigenvalue weighted by molar-refractivity contribution is -0.157. The number of esters is 1. The fraction of sp³-hybridized carbons (Fsp3) is 0.375. The van der Waals surface area contributed by atoms with Crippen molar-refractivity contribution in [1.82, 2.24) is 4.90 Å². The van der Waals surface area contributed by atoms with Crippen LogP contribution in [0.25, 0.3) is 0 Å². The summed E-state index contributed by atoms with van der Waals surface area (Å²) < 4.78 is 5.37. The maximum absolute atomic E-state index is 12.6. The number of carbonyl (C=O) groups excluding carboxylic acids is 3. The van der Waals surface area contributed by atoms with Crippen LogP contribution in [0.5, 0.6) is 0 Å². The van der Waals surface area contributed by atoms with Crippen molar-refractivity contribution in [3.05, 3.63) is 65.7 Å². The van der Waals surface area contributed by atoms with E-state index in [0.29, 0.717) is 12.2 Å². The summed E-state index contributed by atoms with van der Waals surface area (Å²) in [5, 5.41) is 2.75. The Labute approximate surface area is 177 Å². The van der Waals surface area contributed by atoms with Crippen molar-refractivity contribution < 1.29 is 19.1 Å². The minimum absolute atomic E-state index is 0.0820. The molecule has 6 nitrogen and oxygen atoms in total. The van der Waals surface area contributed by atoms with Crippen LogP contribution in [0, 0.1) is 5.92 Å². The van der Waals surface area contributed by atoms with Crippen molar-refractivity contribution in [3.8, 4) is 0 Å². The molecular weight excluding hydrogens is 380 g/mol. The van der Waals surface area contributed by atoms with Gasteiger partial charge in [-0.05, 0) is 43.5 Å². The van der Waals surface area contributed by atoms with Crippen LogP contribution >= 0.6 is 0 Å². The lowest BCUT2D eigenvalue weighted by Gasteiger charge is -2.25. The Balaban J connectivity index is 1.54. The molecule has 158 valence electrons. The minimum Gasteiger partial charge on any atom is -0.452 e. The second-order valence-corrected chi connectivity index (χ2v) is 7.65. The van der Waals surface area contributed by atoms with Crippen LogP contribution in [-0.2, 0) is 25.5 Å². The number of hydrogen-bond donors (Lipinski definition) is 1. The first-order chi connectivity index (χ1) is 14.4. The smallest absolute Gasteiger partial charge is 0.312 e. The molecule has 2 amide bonds. The first-order valence-electron chi connectivity index (χ1n) is 10.3. The van der Waals surface area contributed by atoms with Crippen LogP contribution in [-0.4, -0.2) is 35.3 Å². The van der Waals surface area contributed by atoms with Gasteiger partial charge in [0.15, 0.2) is 6.10 Å². The summed E-state index contributed by atoms with van der Waals surface area (Å²) in [6.07, 6.45) is 0.0736. The van der Waals surface area contributed by atoms with E-state index < -0.39 is 23.9 Å². The van der Waals surface area contributed by atoms with Gasteiger partial charge in [0.05, 0.1) is 12.0 Å². The Morgan fingerprint density at radius 3 is 2.40 bits per heavy atom. The van der Waals surface area contributed by atoms with E-state index in [9.17, 15) is 14.4 Å². The molecule has 0 radical (unpaired) electrons. The number of benzene rings is 2. The molecule has 2 aromatic rings. The quantitative estimate of drug-likeness (QED) is 0.709. The predicted molar refractivity (Wildman–Crippen MR) is 115 cm³/mol. The van der Waals surface area contributed by atoms with Crippen molar-refractivity contribution in [2.75, 3.05) is 11.9 Å². The Kier molecular flexibility index (Phi) is 6.87. The van der Waals surface area contributed by atoms with E-state index in [-0.39, 0.29) is 18.4 Å². The molecule has 0 saturated carbocycles. The van der Waals surface area contributed by atoms with Gasteiger partial charge in [-0.25, -0.2) is 0 Å². The SMILES string of the molecule is CCc1ccc(NC(=O)[C@@H](C)OC(=O)[C@@H]2CC(=O)N([C@@H](C)c3ccccc3)C2)cc1. The number of hydrogen-bond acceptors (Lipinski definition) is 4. The second kappa shape index (κ2) is 9.57. The molecule has 1 aliphatic rings.